The fourth-order valence-electron chi connectivity index (χ4n) is 4.18. The summed E-state index contributed by atoms with van der Waals surface area (Å²) in [5.74, 6) is -7.24. The standard InChI is InChI=1S/C25H23F9O3/c1-2-3-14-4-6-15(7-5-14)24(31,32)36-17-10-8-16(9-11-17)25(33,34)37-18-12-19(26)21(20(27)13-18)35-23(30)22(28)29/h8-15H,2-7H2,1H3. The van der Waals surface area contributed by atoms with Gasteiger partial charge in [-0.2, -0.15) is 30.7 Å². The molecule has 0 amide bonds. The Morgan fingerprint density at radius 1 is 0.838 bits per heavy atom. The lowest BCUT2D eigenvalue weighted by molar-refractivity contribution is -0.223. The van der Waals surface area contributed by atoms with E-state index in [2.05, 4.69) is 9.47 Å². The van der Waals surface area contributed by atoms with Crippen LogP contribution in [0.4, 0.5) is 39.5 Å². The molecule has 2 aromatic carbocycles. The monoisotopic (exact) mass is 542 g/mol. The van der Waals surface area contributed by atoms with Gasteiger partial charge in [0.15, 0.2) is 11.6 Å². The molecule has 0 saturated heterocycles. The average molecular weight is 542 g/mol. The van der Waals surface area contributed by atoms with E-state index in [0.29, 0.717) is 18.8 Å². The minimum absolute atomic E-state index is 0.170. The van der Waals surface area contributed by atoms with Gasteiger partial charge in [-0.05, 0) is 55.9 Å². The largest absolute Gasteiger partial charge is 0.432 e. The number of alkyl halides is 4. The lowest BCUT2D eigenvalue weighted by Gasteiger charge is -2.33. The lowest BCUT2D eigenvalue weighted by atomic mass is 9.79. The van der Waals surface area contributed by atoms with E-state index in [9.17, 15) is 39.5 Å². The Morgan fingerprint density at radius 2 is 1.41 bits per heavy atom. The van der Waals surface area contributed by atoms with Crippen LogP contribution in [0.3, 0.4) is 0 Å². The van der Waals surface area contributed by atoms with E-state index in [4.69, 9.17) is 4.74 Å². The van der Waals surface area contributed by atoms with E-state index < -0.39 is 58.9 Å². The third-order valence-electron chi connectivity index (χ3n) is 6.02. The fraction of sp³-hybridized carbons (Fsp3) is 0.440. The van der Waals surface area contributed by atoms with Crippen molar-refractivity contribution in [1.29, 1.82) is 0 Å². The molecule has 37 heavy (non-hydrogen) atoms. The van der Waals surface area contributed by atoms with Crippen molar-refractivity contribution in [3.05, 3.63) is 65.7 Å². The average Bonchev–Trinajstić information content (AvgIpc) is 2.81. The predicted molar refractivity (Wildman–Crippen MR) is 114 cm³/mol. The van der Waals surface area contributed by atoms with E-state index in [-0.39, 0.29) is 30.7 Å². The molecule has 2 aromatic rings. The summed E-state index contributed by atoms with van der Waals surface area (Å²) < 4.78 is 136. The van der Waals surface area contributed by atoms with Gasteiger partial charge in [-0.3, -0.25) is 0 Å². The Labute approximate surface area is 206 Å². The number of benzene rings is 2. The SMILES string of the molecule is CCCC1CCC(C(F)(F)Oc2ccc(C(F)(F)Oc3cc(F)c(OC(F)=C(F)F)c(F)c3)cc2)CC1. The van der Waals surface area contributed by atoms with E-state index in [1.165, 1.54) is 0 Å². The molecule has 0 N–H and O–H groups in total. The molecule has 1 aliphatic carbocycles. The third kappa shape index (κ3) is 7.26. The van der Waals surface area contributed by atoms with E-state index in [0.717, 1.165) is 37.1 Å². The number of rotatable bonds is 10. The highest BCUT2D eigenvalue weighted by Crippen LogP contribution is 2.42. The van der Waals surface area contributed by atoms with E-state index >= 15 is 0 Å². The van der Waals surface area contributed by atoms with Gasteiger partial charge >= 0.3 is 24.3 Å². The van der Waals surface area contributed by atoms with Crippen molar-refractivity contribution in [2.45, 2.75) is 57.7 Å². The van der Waals surface area contributed by atoms with Crippen molar-refractivity contribution in [3.8, 4) is 17.2 Å². The first kappa shape index (κ1) is 28.5. The lowest BCUT2D eigenvalue weighted by Crippen LogP contribution is -2.37. The molecule has 204 valence electrons. The van der Waals surface area contributed by atoms with Gasteiger partial charge < -0.3 is 14.2 Å². The van der Waals surface area contributed by atoms with Crippen LogP contribution >= 0.6 is 0 Å². The third-order valence-corrected chi connectivity index (χ3v) is 6.02. The highest BCUT2D eigenvalue weighted by atomic mass is 19.3. The van der Waals surface area contributed by atoms with Crippen LogP contribution in [-0.4, -0.2) is 6.11 Å². The Kier molecular flexibility index (Phi) is 8.91. The van der Waals surface area contributed by atoms with Gasteiger partial charge in [0.1, 0.15) is 11.5 Å². The summed E-state index contributed by atoms with van der Waals surface area (Å²) in [4.78, 5) is 0. The van der Waals surface area contributed by atoms with Gasteiger partial charge in [0, 0.05) is 12.1 Å². The minimum atomic E-state index is -4.20. The molecule has 12 heteroatoms. The Morgan fingerprint density at radius 3 is 1.92 bits per heavy atom. The normalized spacial score (nSPS) is 18.3. The molecule has 0 radical (unpaired) electrons. The molecule has 0 aliphatic heterocycles. The summed E-state index contributed by atoms with van der Waals surface area (Å²) in [6.07, 6.45) is -6.86. The molecule has 0 unspecified atom stereocenters. The maximum atomic E-state index is 14.6. The molecule has 3 nitrogen and oxygen atoms in total. The second-order valence-corrected chi connectivity index (χ2v) is 8.67. The fourth-order valence-corrected chi connectivity index (χ4v) is 4.18. The second kappa shape index (κ2) is 11.6. The van der Waals surface area contributed by atoms with Crippen LogP contribution in [0.1, 0.15) is 51.0 Å². The van der Waals surface area contributed by atoms with Gasteiger partial charge in [-0.1, -0.05) is 19.8 Å². The summed E-state index contributed by atoms with van der Waals surface area (Å²) in [6.45, 7) is 2.03. The first-order chi connectivity index (χ1) is 17.3. The zero-order valence-electron chi connectivity index (χ0n) is 19.5. The van der Waals surface area contributed by atoms with Crippen molar-refractivity contribution in [3.63, 3.8) is 0 Å². The van der Waals surface area contributed by atoms with Gasteiger partial charge in [0.25, 0.3) is 0 Å². The summed E-state index contributed by atoms with van der Waals surface area (Å²) in [5, 5.41) is 0. The number of halogens is 9. The number of hydrogen-bond donors (Lipinski definition) is 0. The first-order valence-electron chi connectivity index (χ1n) is 11.4. The molecule has 0 spiro atoms. The maximum Gasteiger partial charge on any atom is 0.426 e. The van der Waals surface area contributed by atoms with Crippen molar-refractivity contribution in [2.75, 3.05) is 0 Å². The van der Waals surface area contributed by atoms with Gasteiger partial charge in [-0.15, -0.1) is 0 Å². The maximum absolute atomic E-state index is 14.6. The molecule has 3 rings (SSSR count). The van der Waals surface area contributed by atoms with Crippen LogP contribution < -0.4 is 14.2 Å². The van der Waals surface area contributed by atoms with Crippen LogP contribution in [-0.2, 0) is 6.11 Å². The number of hydrogen-bond acceptors (Lipinski definition) is 3. The van der Waals surface area contributed by atoms with Crippen LogP contribution in [0.5, 0.6) is 17.2 Å². The van der Waals surface area contributed by atoms with Crippen molar-refractivity contribution in [1.82, 2.24) is 0 Å². The van der Waals surface area contributed by atoms with Crippen LogP contribution in [0.25, 0.3) is 0 Å². The molecule has 1 fully saturated rings. The van der Waals surface area contributed by atoms with Crippen LogP contribution in [0.15, 0.2) is 48.5 Å². The minimum Gasteiger partial charge on any atom is -0.432 e. The highest BCUT2D eigenvalue weighted by Gasteiger charge is 2.44. The Hall–Kier alpha value is -3.05. The van der Waals surface area contributed by atoms with E-state index in [1.807, 2.05) is 6.92 Å². The summed E-state index contributed by atoms with van der Waals surface area (Å²) in [7, 11) is 0. The van der Waals surface area contributed by atoms with Crippen molar-refractivity contribution < 1.29 is 53.7 Å². The van der Waals surface area contributed by atoms with Gasteiger partial charge in [0.05, 0.1) is 11.5 Å². The van der Waals surface area contributed by atoms with Gasteiger partial charge in [0.2, 0.25) is 5.75 Å². The zero-order valence-corrected chi connectivity index (χ0v) is 19.5. The molecule has 0 aromatic heterocycles. The molecule has 1 saturated carbocycles. The second-order valence-electron chi connectivity index (χ2n) is 8.67. The van der Waals surface area contributed by atoms with E-state index in [1.54, 1.807) is 0 Å². The Bertz CT molecular complexity index is 1070. The van der Waals surface area contributed by atoms with Crippen molar-refractivity contribution in [2.24, 2.45) is 11.8 Å². The van der Waals surface area contributed by atoms with Gasteiger partial charge in [-0.25, -0.2) is 8.78 Å². The molecule has 0 atom stereocenters. The first-order valence-corrected chi connectivity index (χ1v) is 11.4. The quantitative estimate of drug-likeness (QED) is 0.221. The topological polar surface area (TPSA) is 27.7 Å². The Balaban J connectivity index is 1.67. The summed E-state index contributed by atoms with van der Waals surface area (Å²) in [6, 6.07) is 0.986. The van der Waals surface area contributed by atoms with Crippen LogP contribution in [0, 0.1) is 23.5 Å². The molecular formula is C25H23F9O3. The summed E-state index contributed by atoms with van der Waals surface area (Å²) >= 11 is 0. The van der Waals surface area contributed by atoms with Crippen LogP contribution in [0.2, 0.25) is 0 Å². The smallest absolute Gasteiger partial charge is 0.426 e. The number of ether oxygens (including phenoxy) is 3. The molecular weight excluding hydrogens is 519 g/mol. The molecule has 0 bridgehead atoms. The highest BCUT2D eigenvalue weighted by molar-refractivity contribution is 5.37. The molecule has 1 aliphatic rings. The summed E-state index contributed by atoms with van der Waals surface area (Å²) in [5.41, 5.74) is -0.863. The van der Waals surface area contributed by atoms with Crippen molar-refractivity contribution >= 4 is 0 Å². The zero-order chi connectivity index (χ0) is 27.4. The predicted octanol–water partition coefficient (Wildman–Crippen LogP) is 9.09. The molecule has 0 heterocycles.